The Bertz CT molecular complexity index is 324. The van der Waals surface area contributed by atoms with E-state index in [-0.39, 0.29) is 18.5 Å². The van der Waals surface area contributed by atoms with Gasteiger partial charge in [0, 0.05) is 6.54 Å². The minimum Gasteiger partial charge on any atom is -0.488 e. The lowest BCUT2D eigenvalue weighted by molar-refractivity contribution is 0.111. The molecule has 0 aromatic heterocycles. The molecular formula is C11H14ClNO2. The van der Waals surface area contributed by atoms with Crippen molar-refractivity contribution >= 4 is 18.7 Å². The molecule has 0 radical (unpaired) electrons. The molecule has 1 heterocycles. The molecule has 0 aliphatic carbocycles. The Labute approximate surface area is 95.2 Å². The first-order valence-electron chi connectivity index (χ1n) is 4.82. The molecule has 0 amide bonds. The summed E-state index contributed by atoms with van der Waals surface area (Å²) in [5.41, 5.74) is 0.624. The summed E-state index contributed by atoms with van der Waals surface area (Å²) in [4.78, 5) is 10.7. The third-order valence-corrected chi connectivity index (χ3v) is 2.35. The first-order valence-corrected chi connectivity index (χ1v) is 4.82. The van der Waals surface area contributed by atoms with Gasteiger partial charge in [-0.05, 0) is 25.1 Å². The molecule has 0 bridgehead atoms. The van der Waals surface area contributed by atoms with Crippen molar-refractivity contribution in [3.63, 3.8) is 0 Å². The number of benzene rings is 1. The summed E-state index contributed by atoms with van der Waals surface area (Å²) in [6.07, 6.45) is 2.04. The van der Waals surface area contributed by atoms with E-state index in [1.807, 2.05) is 18.2 Å². The van der Waals surface area contributed by atoms with E-state index in [1.165, 1.54) is 0 Å². The minimum atomic E-state index is 0. The second-order valence-electron chi connectivity index (χ2n) is 3.39. The number of carbonyl (C=O) groups is 1. The molecule has 0 spiro atoms. The van der Waals surface area contributed by atoms with Gasteiger partial charge in [-0.1, -0.05) is 12.1 Å². The van der Waals surface area contributed by atoms with Crippen molar-refractivity contribution in [2.75, 3.05) is 13.1 Å². The van der Waals surface area contributed by atoms with Crippen molar-refractivity contribution in [2.24, 2.45) is 0 Å². The van der Waals surface area contributed by atoms with Gasteiger partial charge < -0.3 is 10.1 Å². The molecule has 1 aliphatic heterocycles. The predicted molar refractivity (Wildman–Crippen MR) is 61.0 cm³/mol. The van der Waals surface area contributed by atoms with Gasteiger partial charge in [0.2, 0.25) is 0 Å². The zero-order valence-electron chi connectivity index (χ0n) is 8.31. The number of hydrogen-bond donors (Lipinski definition) is 1. The van der Waals surface area contributed by atoms with Crippen LogP contribution in [-0.2, 0) is 0 Å². The lowest BCUT2D eigenvalue weighted by Crippen LogP contribution is -2.20. The van der Waals surface area contributed by atoms with Crippen LogP contribution < -0.4 is 10.1 Å². The zero-order valence-corrected chi connectivity index (χ0v) is 9.13. The van der Waals surface area contributed by atoms with Gasteiger partial charge in [-0.15, -0.1) is 12.4 Å². The van der Waals surface area contributed by atoms with Crippen LogP contribution in [0.3, 0.4) is 0 Å². The summed E-state index contributed by atoms with van der Waals surface area (Å²) in [6, 6.07) is 7.32. The molecule has 0 saturated carbocycles. The highest BCUT2D eigenvalue weighted by Crippen LogP contribution is 2.18. The lowest BCUT2D eigenvalue weighted by Gasteiger charge is -2.13. The highest BCUT2D eigenvalue weighted by Gasteiger charge is 2.16. The highest BCUT2D eigenvalue weighted by molar-refractivity contribution is 5.85. The summed E-state index contributed by atoms with van der Waals surface area (Å²) in [5, 5.41) is 3.22. The summed E-state index contributed by atoms with van der Waals surface area (Å²) in [7, 11) is 0. The number of para-hydroxylation sites is 1. The van der Waals surface area contributed by atoms with E-state index < -0.39 is 0 Å². The summed E-state index contributed by atoms with van der Waals surface area (Å²) in [5.74, 6) is 0.691. The Morgan fingerprint density at radius 3 is 2.87 bits per heavy atom. The van der Waals surface area contributed by atoms with Gasteiger partial charge in [0.15, 0.2) is 6.29 Å². The van der Waals surface area contributed by atoms with Crippen LogP contribution in [-0.4, -0.2) is 25.5 Å². The molecule has 2 rings (SSSR count). The standard InChI is InChI=1S/C11H13NO2.ClH/c13-8-9-3-1-2-4-11(9)14-10-5-6-12-7-10;/h1-4,8,10,12H,5-7H2;1H. The second-order valence-corrected chi connectivity index (χ2v) is 3.39. The smallest absolute Gasteiger partial charge is 0.153 e. The Kier molecular flexibility index (Phi) is 4.59. The van der Waals surface area contributed by atoms with Crippen LogP contribution in [0, 0.1) is 0 Å². The fourth-order valence-electron chi connectivity index (χ4n) is 1.59. The predicted octanol–water partition coefficient (Wildman–Crippen LogP) is 1.66. The summed E-state index contributed by atoms with van der Waals surface area (Å²) >= 11 is 0. The van der Waals surface area contributed by atoms with Gasteiger partial charge in [0.1, 0.15) is 11.9 Å². The van der Waals surface area contributed by atoms with E-state index in [1.54, 1.807) is 6.07 Å². The molecule has 1 aliphatic rings. The fraction of sp³-hybridized carbons (Fsp3) is 0.364. The third-order valence-electron chi connectivity index (χ3n) is 2.35. The molecular weight excluding hydrogens is 214 g/mol. The number of nitrogens with one attached hydrogen (secondary N) is 1. The normalized spacial score (nSPS) is 19.3. The van der Waals surface area contributed by atoms with E-state index in [0.717, 1.165) is 25.8 Å². The molecule has 1 aromatic rings. The quantitative estimate of drug-likeness (QED) is 0.799. The Hall–Kier alpha value is -1.06. The molecule has 4 heteroatoms. The third kappa shape index (κ3) is 2.94. The van der Waals surface area contributed by atoms with E-state index >= 15 is 0 Å². The lowest BCUT2D eigenvalue weighted by atomic mass is 10.2. The van der Waals surface area contributed by atoms with Crippen LogP contribution >= 0.6 is 12.4 Å². The van der Waals surface area contributed by atoms with Gasteiger partial charge in [-0.25, -0.2) is 0 Å². The molecule has 1 N–H and O–H groups in total. The topological polar surface area (TPSA) is 38.3 Å². The van der Waals surface area contributed by atoms with Gasteiger partial charge >= 0.3 is 0 Å². The maximum absolute atomic E-state index is 10.7. The minimum absolute atomic E-state index is 0. The van der Waals surface area contributed by atoms with Crippen molar-refractivity contribution in [1.29, 1.82) is 0 Å². The number of ether oxygens (including phenoxy) is 1. The van der Waals surface area contributed by atoms with Crippen molar-refractivity contribution in [3.05, 3.63) is 29.8 Å². The number of carbonyl (C=O) groups excluding carboxylic acids is 1. The largest absolute Gasteiger partial charge is 0.488 e. The molecule has 1 unspecified atom stereocenters. The average molecular weight is 228 g/mol. The Morgan fingerprint density at radius 2 is 2.20 bits per heavy atom. The first kappa shape index (κ1) is 12.0. The SMILES string of the molecule is Cl.O=Cc1ccccc1OC1CCNC1. The molecule has 1 atom stereocenters. The van der Waals surface area contributed by atoms with Crippen molar-refractivity contribution in [2.45, 2.75) is 12.5 Å². The maximum atomic E-state index is 10.7. The van der Waals surface area contributed by atoms with E-state index in [9.17, 15) is 4.79 Å². The molecule has 82 valence electrons. The van der Waals surface area contributed by atoms with Crippen LogP contribution in [0.5, 0.6) is 5.75 Å². The second kappa shape index (κ2) is 5.73. The van der Waals surface area contributed by atoms with Crippen LogP contribution in [0.2, 0.25) is 0 Å². The van der Waals surface area contributed by atoms with Crippen molar-refractivity contribution < 1.29 is 9.53 Å². The fourth-order valence-corrected chi connectivity index (χ4v) is 1.59. The maximum Gasteiger partial charge on any atom is 0.153 e. The summed E-state index contributed by atoms with van der Waals surface area (Å²) < 4.78 is 5.70. The zero-order chi connectivity index (χ0) is 9.80. The monoisotopic (exact) mass is 227 g/mol. The summed E-state index contributed by atoms with van der Waals surface area (Å²) in [6.45, 7) is 1.86. The van der Waals surface area contributed by atoms with E-state index in [0.29, 0.717) is 11.3 Å². The number of aldehydes is 1. The van der Waals surface area contributed by atoms with Gasteiger partial charge in [0.05, 0.1) is 5.56 Å². The van der Waals surface area contributed by atoms with Crippen molar-refractivity contribution in [3.8, 4) is 5.75 Å². The van der Waals surface area contributed by atoms with Crippen LogP contribution in [0.15, 0.2) is 24.3 Å². The van der Waals surface area contributed by atoms with E-state index in [2.05, 4.69) is 5.32 Å². The Morgan fingerprint density at radius 1 is 1.40 bits per heavy atom. The molecule has 1 aromatic carbocycles. The van der Waals surface area contributed by atoms with Gasteiger partial charge in [-0.3, -0.25) is 4.79 Å². The van der Waals surface area contributed by atoms with Crippen LogP contribution in [0.4, 0.5) is 0 Å². The Balaban J connectivity index is 0.00000112. The molecule has 1 saturated heterocycles. The number of hydrogen-bond acceptors (Lipinski definition) is 3. The van der Waals surface area contributed by atoms with Crippen molar-refractivity contribution in [1.82, 2.24) is 5.32 Å². The van der Waals surface area contributed by atoms with Crippen LogP contribution in [0.25, 0.3) is 0 Å². The van der Waals surface area contributed by atoms with Gasteiger partial charge in [-0.2, -0.15) is 0 Å². The molecule has 15 heavy (non-hydrogen) atoms. The number of halogens is 1. The molecule has 3 nitrogen and oxygen atoms in total. The van der Waals surface area contributed by atoms with Gasteiger partial charge in [0.25, 0.3) is 0 Å². The number of rotatable bonds is 3. The highest BCUT2D eigenvalue weighted by atomic mass is 35.5. The first-order chi connectivity index (χ1) is 6.90. The van der Waals surface area contributed by atoms with Crippen LogP contribution in [0.1, 0.15) is 16.8 Å². The average Bonchev–Trinajstić information content (AvgIpc) is 2.71. The molecule has 1 fully saturated rings. The van der Waals surface area contributed by atoms with E-state index in [4.69, 9.17) is 4.74 Å².